The van der Waals surface area contributed by atoms with Crippen LogP contribution in [-0.4, -0.2) is 127 Å². The van der Waals surface area contributed by atoms with Crippen molar-refractivity contribution in [1.82, 2.24) is 50.6 Å². The third-order valence-electron chi connectivity index (χ3n) is 15.3. The predicted molar refractivity (Wildman–Crippen MR) is 354 cm³/mol. The number of ether oxygens (including phenoxy) is 4. The number of thioether (sulfide) groups is 1. The summed E-state index contributed by atoms with van der Waals surface area (Å²) in [6, 6.07) is 38.9. The molecule has 1 aliphatic rings. The summed E-state index contributed by atoms with van der Waals surface area (Å²) in [5, 5.41) is 30.2. The molecule has 4 amide bonds. The molecular weight excluding hydrogens is 1190 g/mol. The number of rotatable bonds is 27. The van der Waals surface area contributed by atoms with Crippen molar-refractivity contribution in [2.45, 2.75) is 103 Å². The Balaban J connectivity index is 0.600. The standard InChI is InChI=1S/C67H76N14O8S2/c1-43(82)81-55-26-23-50(71-61(84)46-19-17-45(18-20-46)44-13-10-9-11-14-44)36-54(55)67(7,42-66(81,5)6)48-21-24-53(25-22-48)89-41-52-40-80(78-76-52)28-30-87-32-34-88-33-31-86-29-27-79-39-51(75-77-79)37-70-56(83)38-69-49-16-12-15-47(35-49)59-57-58(68)60(62(85)74-65(2,3)4)91-63(57)73-64(72-59)90-8/h9-26,35-36,39-40,69H,27-34,37-38,41-42,68H2,1-8H3,(H,70,83)(H,71,84)(H,74,85)/t67-/m1/s1. The van der Waals surface area contributed by atoms with Gasteiger partial charge in [0, 0.05) is 51.6 Å². The van der Waals surface area contributed by atoms with Gasteiger partial charge < -0.3 is 50.8 Å². The van der Waals surface area contributed by atoms with E-state index in [1.807, 2.05) is 147 Å². The number of nitrogens with two attached hydrogens (primary N) is 1. The maximum atomic E-state index is 13.6. The number of nitrogens with one attached hydrogen (secondary N) is 4. The normalized spacial score (nSPS) is 14.4. The van der Waals surface area contributed by atoms with Gasteiger partial charge in [0.25, 0.3) is 11.8 Å². The fraction of sp³-hybridized carbons (Fsp3) is 0.343. The molecule has 24 heteroatoms. The van der Waals surface area contributed by atoms with Crippen molar-refractivity contribution in [2.75, 3.05) is 73.7 Å². The molecular formula is C67H76N14O8S2. The van der Waals surface area contributed by atoms with Crippen molar-refractivity contribution in [3.63, 3.8) is 0 Å². The Morgan fingerprint density at radius 2 is 1.36 bits per heavy atom. The number of anilines is 4. The number of amides is 4. The van der Waals surface area contributed by atoms with Crippen LogP contribution in [0.25, 0.3) is 32.6 Å². The molecule has 0 unspecified atom stereocenters. The smallest absolute Gasteiger partial charge is 0.263 e. The SMILES string of the molecule is CSc1nc(-c2cccc(NCC(=O)NCc3cn(CCOCCOCCOCCn4cc(COc5ccc([C@@]6(C)CC(C)(C)N(C(C)=O)c7ccc(NC(=O)c8ccc(-c9ccccc9)cc8)cc76)cc5)nn4)nn3)c2)c2c(N)c(C(=O)NC(C)(C)C)sc2n1. The van der Waals surface area contributed by atoms with Crippen molar-refractivity contribution in [1.29, 1.82) is 0 Å². The number of fused-ring (bicyclic) bond motifs is 2. The summed E-state index contributed by atoms with van der Waals surface area (Å²) in [6.07, 6.45) is 6.13. The summed E-state index contributed by atoms with van der Waals surface area (Å²) in [5.74, 6) is -0.0994. The van der Waals surface area contributed by atoms with E-state index in [0.29, 0.717) is 125 Å². The van der Waals surface area contributed by atoms with E-state index in [0.717, 1.165) is 33.5 Å². The van der Waals surface area contributed by atoms with Gasteiger partial charge in [0.05, 0.1) is 95.0 Å². The molecule has 9 aromatic rings. The summed E-state index contributed by atoms with van der Waals surface area (Å²) >= 11 is 2.64. The zero-order valence-corrected chi connectivity index (χ0v) is 54.0. The summed E-state index contributed by atoms with van der Waals surface area (Å²) < 4.78 is 26.8. The van der Waals surface area contributed by atoms with Crippen LogP contribution >= 0.6 is 23.1 Å². The Morgan fingerprint density at radius 1 is 0.714 bits per heavy atom. The fourth-order valence-corrected chi connectivity index (χ4v) is 12.6. The molecule has 22 nitrogen and oxygen atoms in total. The maximum Gasteiger partial charge on any atom is 0.263 e. The predicted octanol–water partition coefficient (Wildman–Crippen LogP) is 10.2. The molecule has 0 fully saturated rings. The largest absolute Gasteiger partial charge is 0.487 e. The van der Waals surface area contributed by atoms with Crippen LogP contribution in [0.4, 0.5) is 22.7 Å². The van der Waals surface area contributed by atoms with Gasteiger partial charge in [0.15, 0.2) is 5.16 Å². The van der Waals surface area contributed by atoms with Crippen LogP contribution in [-0.2, 0) is 55.5 Å². The van der Waals surface area contributed by atoms with E-state index in [4.69, 9.17) is 29.7 Å². The first-order valence-corrected chi connectivity index (χ1v) is 32.0. The summed E-state index contributed by atoms with van der Waals surface area (Å²) in [4.78, 5) is 65.1. The highest BCUT2D eigenvalue weighted by atomic mass is 32.2. The number of aromatic nitrogens is 8. The number of nitrogens with zero attached hydrogens (tertiary/aromatic N) is 9. The first-order chi connectivity index (χ1) is 43.7. The van der Waals surface area contributed by atoms with Crippen molar-refractivity contribution in [2.24, 2.45) is 0 Å². The van der Waals surface area contributed by atoms with Gasteiger partial charge in [0.2, 0.25) is 11.8 Å². The molecule has 1 atom stereocenters. The van der Waals surface area contributed by atoms with Crippen LogP contribution in [0, 0.1) is 0 Å². The molecule has 0 saturated carbocycles. The van der Waals surface area contributed by atoms with Gasteiger partial charge in [-0.2, -0.15) is 0 Å². The minimum absolute atomic E-state index is 0.0119. The average molecular weight is 1270 g/mol. The van der Waals surface area contributed by atoms with E-state index in [1.165, 1.54) is 23.1 Å². The second kappa shape index (κ2) is 28.8. The average Bonchev–Trinajstić information content (AvgIpc) is 1.50. The molecule has 474 valence electrons. The molecule has 0 bridgehead atoms. The van der Waals surface area contributed by atoms with Crippen molar-refractivity contribution >= 4 is 79.7 Å². The van der Waals surface area contributed by atoms with E-state index in [1.54, 1.807) is 22.5 Å². The lowest BCUT2D eigenvalue weighted by atomic mass is 9.65. The number of hydrogen-bond acceptors (Lipinski definition) is 18. The molecule has 0 aliphatic carbocycles. The number of nitrogen functional groups attached to an aromatic ring is 1. The molecule has 91 heavy (non-hydrogen) atoms. The monoisotopic (exact) mass is 1270 g/mol. The number of carbonyl (C=O) groups excluding carboxylic acids is 4. The van der Waals surface area contributed by atoms with Crippen LogP contribution in [0.15, 0.2) is 139 Å². The van der Waals surface area contributed by atoms with Gasteiger partial charge >= 0.3 is 0 Å². The Hall–Kier alpha value is -9.07. The highest BCUT2D eigenvalue weighted by molar-refractivity contribution is 7.98. The van der Waals surface area contributed by atoms with E-state index in [-0.39, 0.29) is 43.3 Å². The first-order valence-electron chi connectivity index (χ1n) is 30.0. The van der Waals surface area contributed by atoms with Crippen LogP contribution in [0.3, 0.4) is 0 Å². The van der Waals surface area contributed by atoms with Gasteiger partial charge in [0.1, 0.15) is 33.5 Å². The van der Waals surface area contributed by atoms with E-state index in [9.17, 15) is 19.2 Å². The Kier molecular flexibility index (Phi) is 20.6. The van der Waals surface area contributed by atoms with Crippen LogP contribution in [0.1, 0.15) is 97.4 Å². The van der Waals surface area contributed by atoms with Crippen molar-refractivity contribution in [3.05, 3.63) is 167 Å². The van der Waals surface area contributed by atoms with Crippen LogP contribution in [0.2, 0.25) is 0 Å². The molecule has 5 heterocycles. The molecule has 4 aromatic heterocycles. The molecule has 0 radical (unpaired) electrons. The fourth-order valence-electron chi connectivity index (χ4n) is 11.2. The van der Waals surface area contributed by atoms with Gasteiger partial charge in [-0.1, -0.05) is 95.8 Å². The quantitative estimate of drug-likeness (QED) is 0.0182. The van der Waals surface area contributed by atoms with Gasteiger partial charge in [-0.15, -0.1) is 21.5 Å². The molecule has 10 rings (SSSR count). The third kappa shape index (κ3) is 16.3. The minimum atomic E-state index is -0.524. The highest BCUT2D eigenvalue weighted by Gasteiger charge is 2.47. The summed E-state index contributed by atoms with van der Waals surface area (Å²) in [6.45, 7) is 17.5. The van der Waals surface area contributed by atoms with Crippen molar-refractivity contribution < 1.29 is 38.1 Å². The molecule has 0 saturated heterocycles. The van der Waals surface area contributed by atoms with Crippen molar-refractivity contribution in [3.8, 4) is 28.1 Å². The number of carbonyl (C=O) groups is 4. The Morgan fingerprint density at radius 3 is 2.03 bits per heavy atom. The van der Waals surface area contributed by atoms with E-state index >= 15 is 0 Å². The van der Waals surface area contributed by atoms with Gasteiger partial charge in [-0.3, -0.25) is 19.2 Å². The topological polar surface area (TPSA) is 270 Å². The molecule has 0 spiro atoms. The maximum absolute atomic E-state index is 13.6. The first kappa shape index (κ1) is 64.9. The van der Waals surface area contributed by atoms with Gasteiger partial charge in [-0.25, -0.2) is 19.3 Å². The summed E-state index contributed by atoms with van der Waals surface area (Å²) in [5.41, 5.74) is 14.9. The van der Waals surface area contributed by atoms with E-state index < -0.39 is 16.5 Å². The lowest BCUT2D eigenvalue weighted by molar-refractivity contribution is -0.119. The molecule has 1 aliphatic heterocycles. The van der Waals surface area contributed by atoms with Crippen LogP contribution < -0.4 is 36.6 Å². The second-order valence-corrected chi connectivity index (χ2v) is 25.7. The highest BCUT2D eigenvalue weighted by Crippen LogP contribution is 2.51. The number of thiophene rings is 1. The lowest BCUT2D eigenvalue weighted by Gasteiger charge is -2.51. The van der Waals surface area contributed by atoms with Crippen LogP contribution in [0.5, 0.6) is 5.75 Å². The second-order valence-electron chi connectivity index (χ2n) is 23.9. The molecule has 6 N–H and O–H groups in total. The lowest BCUT2D eigenvalue weighted by Crippen LogP contribution is -2.55. The van der Waals surface area contributed by atoms with Gasteiger partial charge in [-0.05, 0) is 124 Å². The minimum Gasteiger partial charge on any atom is -0.487 e. The summed E-state index contributed by atoms with van der Waals surface area (Å²) in [7, 11) is 0. The third-order valence-corrected chi connectivity index (χ3v) is 16.9. The number of hydrogen-bond donors (Lipinski definition) is 5. The Labute approximate surface area is 537 Å². The van der Waals surface area contributed by atoms with E-state index in [2.05, 4.69) is 79.8 Å². The zero-order valence-electron chi connectivity index (χ0n) is 52.4. The zero-order chi connectivity index (χ0) is 64.3. The Bertz CT molecular complexity index is 4020. The number of benzene rings is 5. The molecule has 5 aromatic carbocycles.